The zero-order valence-electron chi connectivity index (χ0n) is 10.7. The summed E-state index contributed by atoms with van der Waals surface area (Å²) in [5, 5.41) is 4.07. The molecule has 0 aliphatic heterocycles. The van der Waals surface area contributed by atoms with Crippen molar-refractivity contribution in [1.82, 2.24) is 9.78 Å². The number of nitrogens with two attached hydrogens (primary N) is 2. The molecule has 6 heteroatoms. The lowest BCUT2D eigenvalue weighted by Gasteiger charge is -2.10. The van der Waals surface area contributed by atoms with E-state index in [1.807, 2.05) is 13.1 Å². The number of primary amides is 1. The first-order valence-corrected chi connectivity index (χ1v) is 5.87. The Morgan fingerprint density at radius 3 is 2.84 bits per heavy atom. The molecule has 0 aliphatic rings. The number of amides is 1. The van der Waals surface area contributed by atoms with Gasteiger partial charge in [-0.15, -0.1) is 0 Å². The van der Waals surface area contributed by atoms with Crippen LogP contribution in [0.4, 0.5) is 5.69 Å². The quantitative estimate of drug-likeness (QED) is 0.774. The minimum atomic E-state index is -0.553. The molecule has 100 valence electrons. The lowest BCUT2D eigenvalue weighted by Crippen LogP contribution is -2.14. The maximum absolute atomic E-state index is 11.3. The van der Waals surface area contributed by atoms with Crippen LogP contribution >= 0.6 is 0 Å². The van der Waals surface area contributed by atoms with Gasteiger partial charge in [-0.05, 0) is 24.3 Å². The van der Waals surface area contributed by atoms with Gasteiger partial charge in [0, 0.05) is 31.0 Å². The second-order valence-electron chi connectivity index (χ2n) is 4.16. The normalized spacial score (nSPS) is 10.4. The Kier molecular flexibility index (Phi) is 3.70. The van der Waals surface area contributed by atoms with Gasteiger partial charge in [0.05, 0.1) is 12.2 Å². The van der Waals surface area contributed by atoms with Gasteiger partial charge in [-0.2, -0.15) is 5.10 Å². The number of ether oxygens (including phenoxy) is 1. The van der Waals surface area contributed by atoms with E-state index in [1.165, 1.54) is 6.07 Å². The van der Waals surface area contributed by atoms with Crippen LogP contribution < -0.4 is 16.2 Å². The monoisotopic (exact) mass is 260 g/mol. The van der Waals surface area contributed by atoms with Crippen molar-refractivity contribution < 1.29 is 9.53 Å². The third kappa shape index (κ3) is 3.04. The Bertz CT molecular complexity index is 592. The molecule has 0 spiro atoms. The maximum atomic E-state index is 11.3. The summed E-state index contributed by atoms with van der Waals surface area (Å²) in [5.74, 6) is -0.105. The van der Waals surface area contributed by atoms with Crippen molar-refractivity contribution in [3.63, 3.8) is 0 Å². The van der Waals surface area contributed by atoms with Gasteiger partial charge in [-0.1, -0.05) is 0 Å². The van der Waals surface area contributed by atoms with Crippen LogP contribution in [0.3, 0.4) is 0 Å². The number of hydrogen-bond acceptors (Lipinski definition) is 4. The minimum absolute atomic E-state index is 0.296. The van der Waals surface area contributed by atoms with E-state index in [0.717, 1.165) is 5.69 Å². The molecule has 0 saturated carbocycles. The van der Waals surface area contributed by atoms with Gasteiger partial charge in [0.25, 0.3) is 5.91 Å². The van der Waals surface area contributed by atoms with Crippen molar-refractivity contribution >= 4 is 11.6 Å². The lowest BCUT2D eigenvalue weighted by molar-refractivity contribution is 0.0996. The summed E-state index contributed by atoms with van der Waals surface area (Å²) in [4.78, 5) is 11.3. The van der Waals surface area contributed by atoms with Crippen molar-refractivity contribution in [3.8, 4) is 5.75 Å². The molecule has 1 aromatic carbocycles. The molecule has 2 rings (SSSR count). The fraction of sp³-hybridized carbons (Fsp3) is 0.231. The smallest absolute Gasteiger partial charge is 0.252 e. The first-order chi connectivity index (χ1) is 9.08. The molecule has 4 N–H and O–H groups in total. The topological polar surface area (TPSA) is 96.2 Å². The maximum Gasteiger partial charge on any atom is 0.252 e. The van der Waals surface area contributed by atoms with E-state index in [1.54, 1.807) is 23.0 Å². The molecule has 0 radical (unpaired) electrons. The molecule has 2 aromatic rings. The van der Waals surface area contributed by atoms with E-state index in [4.69, 9.17) is 16.2 Å². The first kappa shape index (κ1) is 12.9. The number of aromatic nitrogens is 2. The summed E-state index contributed by atoms with van der Waals surface area (Å²) in [6, 6.07) is 6.76. The Labute approximate surface area is 111 Å². The van der Waals surface area contributed by atoms with Gasteiger partial charge in [0.15, 0.2) is 0 Å². The zero-order valence-corrected chi connectivity index (χ0v) is 10.7. The van der Waals surface area contributed by atoms with E-state index < -0.39 is 5.91 Å². The van der Waals surface area contributed by atoms with Gasteiger partial charge in [0.2, 0.25) is 0 Å². The number of nitrogen functional groups attached to an aromatic ring is 1. The highest BCUT2D eigenvalue weighted by Crippen LogP contribution is 2.21. The number of nitrogens with zero attached hydrogens (tertiary/aromatic N) is 2. The second-order valence-corrected chi connectivity index (χ2v) is 4.16. The molecular formula is C13H16N4O2. The predicted molar refractivity (Wildman–Crippen MR) is 71.8 cm³/mol. The van der Waals surface area contributed by atoms with E-state index >= 15 is 0 Å². The largest absolute Gasteiger partial charge is 0.492 e. The Balaban J connectivity index is 2.03. The fourth-order valence-electron chi connectivity index (χ4n) is 1.78. The van der Waals surface area contributed by atoms with E-state index in [9.17, 15) is 4.79 Å². The number of anilines is 1. The highest BCUT2D eigenvalue weighted by atomic mass is 16.5. The summed E-state index contributed by atoms with van der Waals surface area (Å²) in [6.45, 7) is 0.434. The molecular weight excluding hydrogens is 244 g/mol. The summed E-state index contributed by atoms with van der Waals surface area (Å²) < 4.78 is 7.36. The third-order valence-corrected chi connectivity index (χ3v) is 2.81. The molecule has 0 aliphatic carbocycles. The Hall–Kier alpha value is -2.50. The van der Waals surface area contributed by atoms with Crippen LogP contribution in [0.1, 0.15) is 16.1 Å². The molecule has 1 heterocycles. The van der Waals surface area contributed by atoms with Gasteiger partial charge in [0.1, 0.15) is 5.75 Å². The number of hydrogen-bond donors (Lipinski definition) is 2. The summed E-state index contributed by atoms with van der Waals surface area (Å²) in [6.07, 6.45) is 2.42. The van der Waals surface area contributed by atoms with E-state index in [2.05, 4.69) is 5.10 Å². The summed E-state index contributed by atoms with van der Waals surface area (Å²) in [5.41, 5.74) is 12.7. The van der Waals surface area contributed by atoms with Crippen LogP contribution in [-0.2, 0) is 13.5 Å². The number of carbonyl (C=O) groups excluding carboxylic acids is 1. The summed E-state index contributed by atoms with van der Waals surface area (Å²) >= 11 is 0. The standard InChI is InChI=1S/C13H16N4O2/c1-17-10(4-6-16-17)5-7-19-12-3-2-9(14)8-11(12)13(15)18/h2-4,6,8H,5,7,14H2,1H3,(H2,15,18). The van der Waals surface area contributed by atoms with Crippen LogP contribution in [0.5, 0.6) is 5.75 Å². The van der Waals surface area contributed by atoms with Gasteiger partial charge in [-0.3, -0.25) is 9.48 Å². The molecule has 0 saturated heterocycles. The average molecular weight is 260 g/mol. The van der Waals surface area contributed by atoms with Crippen LogP contribution in [-0.4, -0.2) is 22.3 Å². The SMILES string of the molecule is Cn1nccc1CCOc1ccc(N)cc1C(N)=O. The molecule has 1 amide bonds. The van der Waals surface area contributed by atoms with Crippen molar-refractivity contribution in [3.05, 3.63) is 41.7 Å². The molecule has 0 bridgehead atoms. The zero-order chi connectivity index (χ0) is 13.8. The van der Waals surface area contributed by atoms with Crippen molar-refractivity contribution in [2.45, 2.75) is 6.42 Å². The van der Waals surface area contributed by atoms with Gasteiger partial charge >= 0.3 is 0 Å². The fourth-order valence-corrected chi connectivity index (χ4v) is 1.78. The van der Waals surface area contributed by atoms with E-state index in [-0.39, 0.29) is 0 Å². The van der Waals surface area contributed by atoms with Crippen molar-refractivity contribution in [1.29, 1.82) is 0 Å². The number of rotatable bonds is 5. The average Bonchev–Trinajstić information content (AvgIpc) is 2.77. The lowest BCUT2D eigenvalue weighted by atomic mass is 10.1. The minimum Gasteiger partial charge on any atom is -0.492 e. The molecule has 1 aromatic heterocycles. The second kappa shape index (κ2) is 5.43. The predicted octanol–water partition coefficient (Wildman–Crippen LogP) is 0.723. The number of carbonyl (C=O) groups is 1. The van der Waals surface area contributed by atoms with E-state index in [0.29, 0.717) is 30.0 Å². The van der Waals surface area contributed by atoms with Crippen LogP contribution in [0.25, 0.3) is 0 Å². The van der Waals surface area contributed by atoms with Crippen LogP contribution in [0.2, 0.25) is 0 Å². The highest BCUT2D eigenvalue weighted by Gasteiger charge is 2.10. The van der Waals surface area contributed by atoms with Gasteiger partial charge in [-0.25, -0.2) is 0 Å². The molecule has 19 heavy (non-hydrogen) atoms. The molecule has 0 fully saturated rings. The molecule has 6 nitrogen and oxygen atoms in total. The Morgan fingerprint density at radius 2 is 2.21 bits per heavy atom. The van der Waals surface area contributed by atoms with Crippen LogP contribution in [0.15, 0.2) is 30.5 Å². The molecule has 0 atom stereocenters. The van der Waals surface area contributed by atoms with Gasteiger partial charge < -0.3 is 16.2 Å². The Morgan fingerprint density at radius 1 is 1.42 bits per heavy atom. The van der Waals surface area contributed by atoms with Crippen molar-refractivity contribution in [2.75, 3.05) is 12.3 Å². The highest BCUT2D eigenvalue weighted by molar-refractivity contribution is 5.96. The van der Waals surface area contributed by atoms with Crippen LogP contribution in [0, 0.1) is 0 Å². The number of benzene rings is 1. The summed E-state index contributed by atoms with van der Waals surface area (Å²) in [7, 11) is 1.87. The molecule has 0 unspecified atom stereocenters. The first-order valence-electron chi connectivity index (χ1n) is 5.87. The number of aryl methyl sites for hydroxylation is 1. The third-order valence-electron chi connectivity index (χ3n) is 2.81. The van der Waals surface area contributed by atoms with Crippen molar-refractivity contribution in [2.24, 2.45) is 12.8 Å².